The molecule has 0 bridgehead atoms. The number of benzene rings is 3. The van der Waals surface area contributed by atoms with Gasteiger partial charge in [0, 0.05) is 17.7 Å². The average molecular weight is 818 g/mol. The van der Waals surface area contributed by atoms with Gasteiger partial charge >= 0.3 is 31.3 Å². The number of aromatic amines is 1. The van der Waals surface area contributed by atoms with Crippen molar-refractivity contribution < 1.29 is 52.3 Å². The maximum absolute atomic E-state index is 13.2. The number of phosphoric ester groups is 1. The molecule has 1 amide bonds. The minimum atomic E-state index is -3.63. The number of ether oxygens (including phenoxy) is 1. The van der Waals surface area contributed by atoms with Gasteiger partial charge in [0.05, 0.1) is 49.5 Å². The van der Waals surface area contributed by atoms with Gasteiger partial charge in [0.15, 0.2) is 11.2 Å². The minimum Gasteiger partial charge on any atom is -0.481 e. The lowest BCUT2D eigenvalue weighted by atomic mass is 10.1. The van der Waals surface area contributed by atoms with Gasteiger partial charge in [-0.05, 0) is 80.8 Å². The Hall–Kier alpha value is -6.53. The highest BCUT2D eigenvalue weighted by atomic mass is 31.2. The zero-order valence-electron chi connectivity index (χ0n) is 31.3. The van der Waals surface area contributed by atoms with E-state index in [0.29, 0.717) is 23.5 Å². The highest BCUT2D eigenvalue weighted by Gasteiger charge is 2.25. The molecule has 0 saturated carbocycles. The Kier molecular flexibility index (Phi) is 14.7. The van der Waals surface area contributed by atoms with E-state index in [0.717, 1.165) is 5.56 Å². The molecule has 0 spiro atoms. The van der Waals surface area contributed by atoms with Crippen molar-refractivity contribution in [1.82, 2.24) is 25.3 Å². The Labute approximate surface area is 330 Å². The van der Waals surface area contributed by atoms with Gasteiger partial charge < -0.3 is 35.9 Å². The highest BCUT2D eigenvalue weighted by Crippen LogP contribution is 2.49. The fourth-order valence-electron chi connectivity index (χ4n) is 5.29. The molecular formula is C38H40N7O12P. The number of aromatic nitrogens is 4. The molecule has 5 aromatic rings. The summed E-state index contributed by atoms with van der Waals surface area (Å²) < 4.78 is 33.7. The third-order valence-electron chi connectivity index (χ3n) is 8.09. The molecule has 19 nitrogen and oxygen atoms in total. The predicted octanol–water partition coefficient (Wildman–Crippen LogP) is 5.08. The van der Waals surface area contributed by atoms with E-state index in [9.17, 15) is 33.6 Å². The first-order valence-corrected chi connectivity index (χ1v) is 19.4. The van der Waals surface area contributed by atoms with Crippen molar-refractivity contribution in [1.29, 1.82) is 0 Å². The number of para-hydroxylation sites is 1. The third-order valence-corrected chi connectivity index (χ3v) is 9.74. The van der Waals surface area contributed by atoms with Crippen molar-refractivity contribution in [3.05, 3.63) is 112 Å². The lowest BCUT2D eigenvalue weighted by molar-refractivity contribution is -0.140. The summed E-state index contributed by atoms with van der Waals surface area (Å²) in [5.41, 5.74) is 1.85. The summed E-state index contributed by atoms with van der Waals surface area (Å²) in [5, 5.41) is 26.5. The van der Waals surface area contributed by atoms with Crippen LogP contribution in [0.25, 0.3) is 11.2 Å². The molecule has 0 saturated heterocycles. The molecule has 6 N–H and O–H groups in total. The molecule has 304 valence electrons. The van der Waals surface area contributed by atoms with Crippen molar-refractivity contribution in [3.63, 3.8) is 0 Å². The topological polar surface area (TPSA) is 270 Å². The number of nitrogens with zero attached hydrogens (tertiary/aromatic N) is 3. The maximum Gasteiger partial charge on any atom is 0.474 e. The zero-order valence-corrected chi connectivity index (χ0v) is 32.2. The lowest BCUT2D eigenvalue weighted by Gasteiger charge is -2.16. The summed E-state index contributed by atoms with van der Waals surface area (Å²) >= 11 is 0. The number of aliphatic carboxylic acids is 2. The zero-order chi connectivity index (χ0) is 41.7. The molecule has 0 radical (unpaired) electrons. The Bertz CT molecular complexity index is 2350. The number of hydrogen-bond donors (Lipinski definition) is 6. The van der Waals surface area contributed by atoms with Crippen molar-refractivity contribution in [2.24, 2.45) is 0 Å². The Morgan fingerprint density at radius 3 is 2.28 bits per heavy atom. The largest absolute Gasteiger partial charge is 0.481 e. The molecule has 0 aliphatic rings. The van der Waals surface area contributed by atoms with Crippen LogP contribution < -0.4 is 26.2 Å². The number of rotatable bonds is 21. The van der Waals surface area contributed by atoms with Crippen molar-refractivity contribution >= 4 is 60.1 Å². The molecule has 2 aromatic heterocycles. The molecule has 0 fully saturated rings. The van der Waals surface area contributed by atoms with Gasteiger partial charge in [0.2, 0.25) is 5.95 Å². The van der Waals surface area contributed by atoms with Crippen LogP contribution in [0.4, 0.5) is 17.3 Å². The maximum atomic E-state index is 13.2. The minimum absolute atomic E-state index is 0.00315. The standard InChI is InChI=1S/C38H40N7O12P/c1-3-54-58(53,55-4-2)56-20-19-23-9-15-27(16-10-23)57-37(52)28-7-5-6-8-29(28)43-38-44-33-32(35(49)45-38)41-26(22-40-33)21-39-25-13-11-24(12-14-25)34(48)42-30(36(50)51)17-18-31(46)47/h5-16,22,30,39H,3-4,17-21H2,1-2H3,(H,42,48)(H,46,47)(H,50,51)(H2,40,43,44,45,49)/t30-/m0/s1. The molecule has 0 aliphatic heterocycles. The normalized spacial score (nSPS) is 11.8. The summed E-state index contributed by atoms with van der Waals surface area (Å²) in [6, 6.07) is 18.0. The number of nitrogens with one attached hydrogen (secondary N) is 4. The van der Waals surface area contributed by atoms with Gasteiger partial charge in [-0.3, -0.25) is 28.0 Å². The summed E-state index contributed by atoms with van der Waals surface area (Å²) in [7, 11) is -3.63. The highest BCUT2D eigenvalue weighted by molar-refractivity contribution is 7.48. The van der Waals surface area contributed by atoms with E-state index in [-0.39, 0.29) is 66.8 Å². The Morgan fingerprint density at radius 2 is 1.60 bits per heavy atom. The first kappa shape index (κ1) is 42.6. The fraction of sp³-hybridized carbons (Fsp3) is 0.263. The van der Waals surface area contributed by atoms with E-state index >= 15 is 0 Å². The number of carbonyl (C=O) groups excluding carboxylic acids is 2. The second kappa shape index (κ2) is 20.1. The van der Waals surface area contributed by atoms with Gasteiger partial charge in [-0.1, -0.05) is 24.3 Å². The predicted molar refractivity (Wildman–Crippen MR) is 209 cm³/mol. The summed E-state index contributed by atoms with van der Waals surface area (Å²) in [6.07, 6.45) is 1.18. The number of hydrogen-bond acceptors (Lipinski definition) is 15. The lowest BCUT2D eigenvalue weighted by Crippen LogP contribution is -2.41. The van der Waals surface area contributed by atoms with E-state index in [1.54, 1.807) is 74.5 Å². The van der Waals surface area contributed by atoms with Crippen LogP contribution in [-0.2, 0) is 40.7 Å². The fourth-order valence-corrected chi connectivity index (χ4v) is 6.46. The second-order valence-electron chi connectivity index (χ2n) is 12.2. The van der Waals surface area contributed by atoms with Gasteiger partial charge in [-0.15, -0.1) is 0 Å². The SMILES string of the molecule is CCOP(=O)(OCC)OCCc1ccc(OC(=O)c2ccccc2Nc2nc(=O)c3nc(CNc4ccc(C(=O)N[C@@H](CCC(=O)O)C(=O)O)cc4)cnc3[nH]2)cc1. The summed E-state index contributed by atoms with van der Waals surface area (Å²) in [6.45, 7) is 3.97. The van der Waals surface area contributed by atoms with Crippen molar-refractivity contribution in [2.75, 3.05) is 30.5 Å². The van der Waals surface area contributed by atoms with E-state index in [1.807, 2.05) is 0 Å². The quantitative estimate of drug-likeness (QED) is 0.0320. The van der Waals surface area contributed by atoms with Crippen LogP contribution in [0.5, 0.6) is 5.75 Å². The number of carboxylic acid groups (broad SMARTS) is 2. The number of phosphoric acid groups is 1. The average Bonchev–Trinajstić information content (AvgIpc) is 3.19. The number of carbonyl (C=O) groups is 4. The molecule has 5 rings (SSSR count). The molecule has 20 heteroatoms. The molecule has 58 heavy (non-hydrogen) atoms. The smallest absolute Gasteiger partial charge is 0.474 e. The number of anilines is 3. The molecule has 1 atom stereocenters. The van der Waals surface area contributed by atoms with E-state index in [2.05, 4.69) is 35.9 Å². The number of H-pyrrole nitrogens is 1. The Morgan fingerprint density at radius 1 is 0.897 bits per heavy atom. The van der Waals surface area contributed by atoms with Crippen LogP contribution in [-0.4, -0.2) is 79.8 Å². The first-order chi connectivity index (χ1) is 27.9. The number of amides is 1. The number of carboxylic acids is 2. The monoisotopic (exact) mass is 817 g/mol. The first-order valence-electron chi connectivity index (χ1n) is 17.9. The van der Waals surface area contributed by atoms with Crippen LogP contribution in [0.1, 0.15) is 58.7 Å². The van der Waals surface area contributed by atoms with Gasteiger partial charge in [0.1, 0.15) is 11.8 Å². The van der Waals surface area contributed by atoms with E-state index < -0.39 is 49.7 Å². The van der Waals surface area contributed by atoms with Crippen LogP contribution >= 0.6 is 7.82 Å². The van der Waals surface area contributed by atoms with Crippen LogP contribution in [0.2, 0.25) is 0 Å². The second-order valence-corrected chi connectivity index (χ2v) is 13.9. The van der Waals surface area contributed by atoms with Crippen LogP contribution in [0, 0.1) is 0 Å². The number of esters is 1. The Balaban J connectivity index is 1.17. The molecule has 2 heterocycles. The van der Waals surface area contributed by atoms with Crippen LogP contribution in [0.15, 0.2) is 83.8 Å². The molecular weight excluding hydrogens is 777 g/mol. The molecule has 0 aliphatic carbocycles. The van der Waals surface area contributed by atoms with Crippen molar-refractivity contribution in [3.8, 4) is 5.75 Å². The van der Waals surface area contributed by atoms with Crippen molar-refractivity contribution in [2.45, 2.75) is 45.7 Å². The van der Waals surface area contributed by atoms with Gasteiger partial charge in [-0.2, -0.15) is 4.98 Å². The van der Waals surface area contributed by atoms with Gasteiger partial charge in [-0.25, -0.2) is 24.1 Å². The van der Waals surface area contributed by atoms with E-state index in [4.69, 9.17) is 23.4 Å². The van der Waals surface area contributed by atoms with Gasteiger partial charge in [0.25, 0.3) is 5.91 Å². The number of fused-ring (bicyclic) bond motifs is 1. The van der Waals surface area contributed by atoms with E-state index in [1.165, 1.54) is 18.3 Å². The molecule has 3 aromatic carbocycles. The molecule has 0 unspecified atom stereocenters. The third kappa shape index (κ3) is 12.0. The summed E-state index contributed by atoms with van der Waals surface area (Å²) in [4.78, 5) is 76.7. The van der Waals surface area contributed by atoms with Crippen LogP contribution in [0.3, 0.4) is 0 Å². The summed E-state index contributed by atoms with van der Waals surface area (Å²) in [5.74, 6) is -3.59.